The number of aromatic nitrogens is 4. The Kier molecular flexibility index (Phi) is 7.18. The summed E-state index contributed by atoms with van der Waals surface area (Å²) in [4.78, 5) is 13.4. The number of nitrogens with zero attached hydrogens (tertiary/aromatic N) is 4. The number of amides is 1. The molecule has 0 fully saturated rings. The highest BCUT2D eigenvalue weighted by atomic mass is 35.5. The van der Waals surface area contributed by atoms with E-state index < -0.39 is 0 Å². The van der Waals surface area contributed by atoms with Crippen molar-refractivity contribution in [3.05, 3.63) is 29.3 Å². The largest absolute Gasteiger partial charge is 0.352 e. The summed E-state index contributed by atoms with van der Waals surface area (Å²) < 4.78 is 0. The third kappa shape index (κ3) is 5.92. The molecule has 1 atom stereocenters. The van der Waals surface area contributed by atoms with E-state index in [1.165, 1.54) is 24.1 Å². The van der Waals surface area contributed by atoms with E-state index in [0.29, 0.717) is 10.8 Å². The van der Waals surface area contributed by atoms with Gasteiger partial charge in [-0.25, -0.2) is 0 Å². The maximum Gasteiger partial charge on any atom is 0.243 e. The van der Waals surface area contributed by atoms with Gasteiger partial charge in [-0.1, -0.05) is 56.3 Å². The van der Waals surface area contributed by atoms with Gasteiger partial charge in [-0.3, -0.25) is 4.79 Å². The standard InChI is InChI=1S/C17H24ClN5O/c1-3-4-5-6-8-13(2)19-16(24)12-23-21-17(20-22-23)14-9-7-10-15(18)11-14/h7,9-11,13H,3-6,8,12H2,1-2H3,(H,19,24)/t13-/m1/s1. The number of halogens is 1. The van der Waals surface area contributed by atoms with Gasteiger partial charge in [0.15, 0.2) is 0 Å². The predicted molar refractivity (Wildman–Crippen MR) is 94.6 cm³/mol. The van der Waals surface area contributed by atoms with Gasteiger partial charge in [0.2, 0.25) is 11.7 Å². The fourth-order valence-electron chi connectivity index (χ4n) is 2.45. The lowest BCUT2D eigenvalue weighted by molar-refractivity contribution is -0.122. The molecule has 0 aliphatic heterocycles. The van der Waals surface area contributed by atoms with Gasteiger partial charge in [0, 0.05) is 16.6 Å². The quantitative estimate of drug-likeness (QED) is 0.703. The van der Waals surface area contributed by atoms with Crippen LogP contribution in [0.1, 0.15) is 46.0 Å². The van der Waals surface area contributed by atoms with E-state index in [0.717, 1.165) is 18.4 Å². The van der Waals surface area contributed by atoms with Gasteiger partial charge >= 0.3 is 0 Å². The fraction of sp³-hybridized carbons (Fsp3) is 0.529. The molecular formula is C17H24ClN5O. The molecule has 1 heterocycles. The van der Waals surface area contributed by atoms with Gasteiger partial charge in [0.25, 0.3) is 0 Å². The van der Waals surface area contributed by atoms with Crippen LogP contribution >= 0.6 is 11.6 Å². The first-order chi connectivity index (χ1) is 11.6. The molecule has 7 heteroatoms. The lowest BCUT2D eigenvalue weighted by atomic mass is 10.1. The first-order valence-corrected chi connectivity index (χ1v) is 8.79. The van der Waals surface area contributed by atoms with Gasteiger partial charge in [0.1, 0.15) is 6.54 Å². The third-order valence-electron chi connectivity index (χ3n) is 3.72. The summed E-state index contributed by atoms with van der Waals surface area (Å²) in [6.45, 7) is 4.27. The highest BCUT2D eigenvalue weighted by Gasteiger charge is 2.11. The Balaban J connectivity index is 1.82. The fourth-order valence-corrected chi connectivity index (χ4v) is 2.64. The van der Waals surface area contributed by atoms with Crippen LogP contribution in [0.15, 0.2) is 24.3 Å². The summed E-state index contributed by atoms with van der Waals surface area (Å²) in [5.41, 5.74) is 0.776. The predicted octanol–water partition coefficient (Wildman–Crippen LogP) is 3.47. The van der Waals surface area contributed by atoms with Crippen molar-refractivity contribution in [3.63, 3.8) is 0 Å². The van der Waals surface area contributed by atoms with E-state index >= 15 is 0 Å². The number of carbonyl (C=O) groups is 1. The van der Waals surface area contributed by atoms with Crippen LogP contribution in [0.5, 0.6) is 0 Å². The molecule has 0 saturated carbocycles. The number of carbonyl (C=O) groups excluding carboxylic acids is 1. The maximum absolute atomic E-state index is 12.1. The zero-order valence-electron chi connectivity index (χ0n) is 14.2. The molecule has 6 nitrogen and oxygen atoms in total. The van der Waals surface area contributed by atoms with Gasteiger partial charge in [0.05, 0.1) is 0 Å². The van der Waals surface area contributed by atoms with Crippen molar-refractivity contribution >= 4 is 17.5 Å². The zero-order valence-corrected chi connectivity index (χ0v) is 15.0. The summed E-state index contributed by atoms with van der Waals surface area (Å²) >= 11 is 5.96. The first kappa shape index (κ1) is 18.4. The van der Waals surface area contributed by atoms with Gasteiger partial charge < -0.3 is 5.32 Å². The molecule has 1 amide bonds. The lowest BCUT2D eigenvalue weighted by Gasteiger charge is -2.13. The molecule has 1 aromatic heterocycles. The Hall–Kier alpha value is -1.95. The van der Waals surface area contributed by atoms with E-state index in [9.17, 15) is 4.79 Å². The van der Waals surface area contributed by atoms with Crippen molar-refractivity contribution in [1.82, 2.24) is 25.5 Å². The third-order valence-corrected chi connectivity index (χ3v) is 3.95. The minimum atomic E-state index is -0.104. The van der Waals surface area contributed by atoms with E-state index in [4.69, 9.17) is 11.6 Å². The summed E-state index contributed by atoms with van der Waals surface area (Å²) in [5, 5.41) is 15.7. The average Bonchev–Trinajstić information content (AvgIpc) is 3.00. The van der Waals surface area contributed by atoms with Crippen LogP contribution in [0, 0.1) is 0 Å². The van der Waals surface area contributed by atoms with Crippen molar-refractivity contribution in [3.8, 4) is 11.4 Å². The molecule has 2 aromatic rings. The normalized spacial score (nSPS) is 12.1. The second-order valence-corrected chi connectivity index (χ2v) is 6.41. The molecule has 24 heavy (non-hydrogen) atoms. The topological polar surface area (TPSA) is 72.7 Å². The van der Waals surface area contributed by atoms with Gasteiger partial charge in [-0.2, -0.15) is 4.80 Å². The van der Waals surface area contributed by atoms with Crippen LogP contribution in [0.2, 0.25) is 5.02 Å². The number of hydrogen-bond acceptors (Lipinski definition) is 4. The monoisotopic (exact) mass is 349 g/mol. The molecule has 0 spiro atoms. The Morgan fingerprint density at radius 2 is 2.17 bits per heavy atom. The molecule has 1 N–H and O–H groups in total. The van der Waals surface area contributed by atoms with Crippen molar-refractivity contribution in [2.24, 2.45) is 0 Å². The molecule has 1 aromatic carbocycles. The molecule has 0 unspecified atom stereocenters. The van der Waals surface area contributed by atoms with E-state index in [2.05, 4.69) is 27.7 Å². The number of nitrogens with one attached hydrogen (secondary N) is 1. The second-order valence-electron chi connectivity index (χ2n) is 5.97. The number of benzene rings is 1. The molecular weight excluding hydrogens is 326 g/mol. The van der Waals surface area contributed by atoms with Crippen molar-refractivity contribution < 1.29 is 4.79 Å². The van der Waals surface area contributed by atoms with E-state index in [1.807, 2.05) is 19.1 Å². The SMILES string of the molecule is CCCCCC[C@@H](C)NC(=O)Cn1nnc(-c2cccc(Cl)c2)n1. The summed E-state index contributed by atoms with van der Waals surface area (Å²) in [7, 11) is 0. The van der Waals surface area contributed by atoms with Gasteiger partial charge in [-0.15, -0.1) is 10.2 Å². The van der Waals surface area contributed by atoms with Crippen molar-refractivity contribution in [1.29, 1.82) is 0 Å². The van der Waals surface area contributed by atoms with Crippen LogP contribution in [0.25, 0.3) is 11.4 Å². The van der Waals surface area contributed by atoms with Crippen molar-refractivity contribution in [2.45, 2.75) is 58.5 Å². The highest BCUT2D eigenvalue weighted by Crippen LogP contribution is 2.18. The Labute approximate surface area is 147 Å². The minimum absolute atomic E-state index is 0.0624. The molecule has 0 aliphatic carbocycles. The first-order valence-electron chi connectivity index (χ1n) is 8.41. The summed E-state index contributed by atoms with van der Waals surface area (Å²) in [6.07, 6.45) is 5.80. The number of tetrazole rings is 1. The van der Waals surface area contributed by atoms with Gasteiger partial charge in [-0.05, 0) is 30.7 Å². The Morgan fingerprint density at radius 1 is 1.33 bits per heavy atom. The summed E-state index contributed by atoms with van der Waals surface area (Å²) in [6, 6.07) is 7.38. The Bertz CT molecular complexity index is 658. The lowest BCUT2D eigenvalue weighted by Crippen LogP contribution is -2.35. The molecule has 130 valence electrons. The zero-order chi connectivity index (χ0) is 17.4. The van der Waals surface area contributed by atoms with Crippen LogP contribution in [-0.4, -0.2) is 32.2 Å². The minimum Gasteiger partial charge on any atom is -0.352 e. The summed E-state index contributed by atoms with van der Waals surface area (Å²) in [5.74, 6) is 0.353. The average molecular weight is 350 g/mol. The second kappa shape index (κ2) is 9.37. The molecule has 0 radical (unpaired) electrons. The number of rotatable bonds is 9. The molecule has 2 rings (SSSR count). The molecule has 0 aliphatic rings. The van der Waals surface area contributed by atoms with E-state index in [1.54, 1.807) is 12.1 Å². The number of hydrogen-bond donors (Lipinski definition) is 1. The van der Waals surface area contributed by atoms with Crippen LogP contribution in [-0.2, 0) is 11.3 Å². The maximum atomic E-state index is 12.1. The smallest absolute Gasteiger partial charge is 0.243 e. The van der Waals surface area contributed by atoms with Crippen molar-refractivity contribution in [2.75, 3.05) is 0 Å². The number of unbranched alkanes of at least 4 members (excludes halogenated alkanes) is 3. The molecule has 0 bridgehead atoms. The van der Waals surface area contributed by atoms with Crippen LogP contribution in [0.3, 0.4) is 0 Å². The van der Waals surface area contributed by atoms with Crippen LogP contribution in [0.4, 0.5) is 0 Å². The van der Waals surface area contributed by atoms with Crippen LogP contribution < -0.4 is 5.32 Å². The molecule has 0 saturated heterocycles. The van der Waals surface area contributed by atoms with E-state index in [-0.39, 0.29) is 18.5 Å². The highest BCUT2D eigenvalue weighted by molar-refractivity contribution is 6.30. The Morgan fingerprint density at radius 3 is 2.92 bits per heavy atom.